The van der Waals surface area contributed by atoms with Crippen molar-refractivity contribution >= 4 is 64.4 Å². The van der Waals surface area contributed by atoms with Gasteiger partial charge >= 0.3 is 10.4 Å². The van der Waals surface area contributed by atoms with Crippen LogP contribution in [-0.2, 0) is 34.5 Å². The van der Waals surface area contributed by atoms with E-state index in [9.17, 15) is 34.9 Å². The molecule has 0 aliphatic heterocycles. The van der Waals surface area contributed by atoms with Gasteiger partial charge < -0.3 is 21.5 Å². The van der Waals surface area contributed by atoms with E-state index in [2.05, 4.69) is 24.8 Å². The molecule has 15 nitrogen and oxygen atoms in total. The standard InChI is InChI=1S/C21H23N5O10S3/c1-23-21(25-15-5-6-18-13(9-15)10-17(12-19(18)27)38(30,31)32)26-20(22)24-14-3-2-4-16(11-14)37(28,29)8-7-36-39(33,34)35/h2-6,9-12,27H,7-8H2,1H3,(H,30,31,32)(H,33,34,35)(H4,22,23,24,25,26). The Morgan fingerprint density at radius 3 is 2.26 bits per heavy atom. The lowest BCUT2D eigenvalue weighted by Gasteiger charge is -2.11. The topological polar surface area (TPSA) is 247 Å². The number of guanidine groups is 2. The second-order valence-electron chi connectivity index (χ2n) is 7.74. The van der Waals surface area contributed by atoms with E-state index in [4.69, 9.17) is 10.3 Å². The van der Waals surface area contributed by atoms with Gasteiger partial charge in [-0.3, -0.25) is 14.1 Å². The Bertz CT molecular complexity index is 1790. The van der Waals surface area contributed by atoms with Gasteiger partial charge in [0.05, 0.1) is 22.2 Å². The number of benzene rings is 3. The number of anilines is 2. The van der Waals surface area contributed by atoms with Gasteiger partial charge in [-0.15, -0.1) is 0 Å². The highest BCUT2D eigenvalue weighted by Gasteiger charge is 2.17. The third-order valence-electron chi connectivity index (χ3n) is 4.95. The molecule has 0 radical (unpaired) electrons. The summed E-state index contributed by atoms with van der Waals surface area (Å²) in [4.78, 5) is 7.38. The molecule has 0 amide bonds. The molecule has 0 bridgehead atoms. The first-order valence-corrected chi connectivity index (χ1v) is 15.1. The van der Waals surface area contributed by atoms with Gasteiger partial charge in [-0.2, -0.15) is 21.8 Å². The molecule has 7 N–H and O–H groups in total. The molecule has 0 aromatic heterocycles. The number of hydrogen-bond acceptors (Lipinski definition) is 9. The van der Waals surface area contributed by atoms with Crippen LogP contribution in [0.5, 0.6) is 5.75 Å². The van der Waals surface area contributed by atoms with Gasteiger partial charge in [0.25, 0.3) is 10.1 Å². The number of fused-ring (bicyclic) bond motifs is 1. The first-order chi connectivity index (χ1) is 18.1. The van der Waals surface area contributed by atoms with Gasteiger partial charge in [0.15, 0.2) is 9.84 Å². The summed E-state index contributed by atoms with van der Waals surface area (Å²) < 4.78 is 91.0. The van der Waals surface area contributed by atoms with Gasteiger partial charge in [0, 0.05) is 29.9 Å². The Morgan fingerprint density at radius 1 is 0.923 bits per heavy atom. The highest BCUT2D eigenvalue weighted by Crippen LogP contribution is 2.30. The molecule has 39 heavy (non-hydrogen) atoms. The molecule has 0 spiro atoms. The number of rotatable bonds is 8. The van der Waals surface area contributed by atoms with Crippen molar-refractivity contribution in [3.05, 3.63) is 54.6 Å². The zero-order chi connectivity index (χ0) is 29.0. The van der Waals surface area contributed by atoms with Gasteiger partial charge in [-0.05, 0) is 47.9 Å². The van der Waals surface area contributed by atoms with E-state index >= 15 is 0 Å². The molecular weight excluding hydrogens is 578 g/mol. The molecule has 3 rings (SSSR count). The van der Waals surface area contributed by atoms with Crippen molar-refractivity contribution in [3.8, 4) is 5.75 Å². The molecule has 0 saturated heterocycles. The SMILES string of the molecule is CN=C(N=C(N)Nc1cccc(S(=O)(=O)CCOS(=O)(=O)O)c1)Nc1ccc2c(O)cc(S(=O)(=O)O)cc2c1. The number of nitrogens with zero attached hydrogens (tertiary/aromatic N) is 2. The summed E-state index contributed by atoms with van der Waals surface area (Å²) in [5.41, 5.74) is 6.53. The smallest absolute Gasteiger partial charge is 0.397 e. The van der Waals surface area contributed by atoms with Gasteiger partial charge in [0.2, 0.25) is 11.9 Å². The minimum atomic E-state index is -4.78. The third kappa shape index (κ3) is 8.34. The first kappa shape index (κ1) is 29.7. The van der Waals surface area contributed by atoms with E-state index in [1.807, 2.05) is 0 Å². The maximum absolute atomic E-state index is 12.4. The van der Waals surface area contributed by atoms with E-state index in [1.54, 1.807) is 6.07 Å². The number of phenols is 1. The maximum atomic E-state index is 12.4. The van der Waals surface area contributed by atoms with Crippen LogP contribution in [0.25, 0.3) is 10.8 Å². The highest BCUT2D eigenvalue weighted by molar-refractivity contribution is 7.91. The number of nitrogens with two attached hydrogens (primary N) is 1. The van der Waals surface area contributed by atoms with E-state index in [1.165, 1.54) is 49.5 Å². The lowest BCUT2D eigenvalue weighted by Crippen LogP contribution is -2.26. The number of aromatic hydroxyl groups is 1. The van der Waals surface area contributed by atoms with Crippen molar-refractivity contribution in [1.29, 1.82) is 0 Å². The fraction of sp³-hybridized carbons (Fsp3) is 0.143. The summed E-state index contributed by atoms with van der Waals surface area (Å²) in [6.45, 7) is -0.782. The molecule has 0 aliphatic rings. The minimum Gasteiger partial charge on any atom is -0.507 e. The van der Waals surface area contributed by atoms with Crippen LogP contribution in [-0.4, -0.2) is 70.8 Å². The molecule has 18 heteroatoms. The zero-order valence-corrected chi connectivity index (χ0v) is 22.5. The van der Waals surface area contributed by atoms with Crippen molar-refractivity contribution in [2.75, 3.05) is 30.0 Å². The molecule has 0 heterocycles. The van der Waals surface area contributed by atoms with Gasteiger partial charge in [0.1, 0.15) is 5.75 Å². The third-order valence-corrected chi connectivity index (χ3v) is 7.92. The van der Waals surface area contributed by atoms with Crippen LogP contribution in [0, 0.1) is 0 Å². The Kier molecular flexibility index (Phi) is 8.78. The Balaban J connectivity index is 1.77. The molecule has 0 fully saturated rings. The summed E-state index contributed by atoms with van der Waals surface area (Å²) in [5.74, 6) is -1.26. The van der Waals surface area contributed by atoms with Crippen molar-refractivity contribution in [2.45, 2.75) is 9.79 Å². The summed E-state index contributed by atoms with van der Waals surface area (Å²) in [5, 5.41) is 16.3. The fourth-order valence-corrected chi connectivity index (χ4v) is 5.30. The van der Waals surface area contributed by atoms with E-state index in [0.717, 1.165) is 6.07 Å². The number of hydrogen-bond donors (Lipinski definition) is 6. The second kappa shape index (κ2) is 11.5. The quantitative estimate of drug-likeness (QED) is 0.121. The fourth-order valence-electron chi connectivity index (χ4n) is 3.24. The highest BCUT2D eigenvalue weighted by atomic mass is 32.3. The van der Waals surface area contributed by atoms with Crippen molar-refractivity contribution < 1.29 is 43.6 Å². The van der Waals surface area contributed by atoms with Gasteiger partial charge in [-0.1, -0.05) is 6.07 Å². The monoisotopic (exact) mass is 601 g/mol. The summed E-state index contributed by atoms with van der Waals surface area (Å²) in [6.07, 6.45) is 0. The predicted molar refractivity (Wildman–Crippen MR) is 144 cm³/mol. The lowest BCUT2D eigenvalue weighted by molar-refractivity contribution is 0.284. The summed E-state index contributed by atoms with van der Waals surface area (Å²) in [7, 11) is -11.9. The van der Waals surface area contributed by atoms with Crippen LogP contribution in [0.15, 0.2) is 74.4 Å². The number of phenolic OH excluding ortho intramolecular Hbond substituents is 1. The van der Waals surface area contributed by atoms with Crippen LogP contribution < -0.4 is 16.4 Å². The molecule has 0 saturated carbocycles. The van der Waals surface area contributed by atoms with Crippen molar-refractivity contribution in [1.82, 2.24) is 0 Å². The van der Waals surface area contributed by atoms with Crippen LogP contribution in [0.1, 0.15) is 0 Å². The van der Waals surface area contributed by atoms with Crippen LogP contribution in [0.2, 0.25) is 0 Å². The normalized spacial score (nSPS) is 13.4. The second-order valence-corrected chi connectivity index (χ2v) is 12.4. The minimum absolute atomic E-state index is 0.000596. The van der Waals surface area contributed by atoms with Crippen molar-refractivity contribution in [2.24, 2.45) is 15.7 Å². The molecule has 3 aromatic rings. The Morgan fingerprint density at radius 2 is 1.62 bits per heavy atom. The predicted octanol–water partition coefficient (Wildman–Crippen LogP) is 1.21. The van der Waals surface area contributed by atoms with Gasteiger partial charge in [-0.25, -0.2) is 12.6 Å². The van der Waals surface area contributed by atoms with Crippen LogP contribution in [0.3, 0.4) is 0 Å². The van der Waals surface area contributed by atoms with E-state index < -0.39 is 47.6 Å². The first-order valence-electron chi connectivity index (χ1n) is 10.6. The molecular formula is C21H23N5O10S3. The molecule has 210 valence electrons. The summed E-state index contributed by atoms with van der Waals surface area (Å²) >= 11 is 0. The number of sulfone groups is 1. The van der Waals surface area contributed by atoms with Crippen LogP contribution >= 0.6 is 0 Å². The number of nitrogens with one attached hydrogen (secondary N) is 2. The largest absolute Gasteiger partial charge is 0.507 e. The zero-order valence-electron chi connectivity index (χ0n) is 20.0. The van der Waals surface area contributed by atoms with E-state index in [0.29, 0.717) is 11.1 Å². The molecule has 0 unspecified atom stereocenters. The lowest BCUT2D eigenvalue weighted by atomic mass is 10.1. The molecule has 0 aliphatic carbocycles. The Hall–Kier alpha value is -3.81. The maximum Gasteiger partial charge on any atom is 0.397 e. The molecule has 3 aromatic carbocycles. The average molecular weight is 602 g/mol. The van der Waals surface area contributed by atoms with Crippen LogP contribution in [0.4, 0.5) is 11.4 Å². The Labute approximate surface area is 223 Å². The molecule has 0 atom stereocenters. The summed E-state index contributed by atoms with van der Waals surface area (Å²) in [6, 6.07) is 12.0. The van der Waals surface area contributed by atoms with Crippen molar-refractivity contribution in [3.63, 3.8) is 0 Å². The average Bonchev–Trinajstić information content (AvgIpc) is 2.82. The number of aliphatic imine (C=N–C) groups is 2. The van der Waals surface area contributed by atoms with E-state index in [-0.39, 0.29) is 33.6 Å².